The third-order valence-corrected chi connectivity index (χ3v) is 2.07. The average Bonchev–Trinajstić information content (AvgIpc) is 2.17. The van der Waals surface area contributed by atoms with Gasteiger partial charge in [-0.15, -0.1) is 0 Å². The highest BCUT2D eigenvalue weighted by Crippen LogP contribution is 2.12. The van der Waals surface area contributed by atoms with E-state index in [4.69, 9.17) is 5.11 Å². The zero-order valence-corrected chi connectivity index (χ0v) is 8.07. The van der Waals surface area contributed by atoms with Gasteiger partial charge >= 0.3 is 5.97 Å². The number of carboxylic acids is 1. The predicted molar refractivity (Wildman–Crippen MR) is 52.4 cm³/mol. The van der Waals surface area contributed by atoms with E-state index in [0.717, 1.165) is 0 Å². The Morgan fingerprint density at radius 3 is 2.80 bits per heavy atom. The fourth-order valence-electron chi connectivity index (χ4n) is 1.34. The van der Waals surface area contributed by atoms with Crippen LogP contribution in [0.5, 0.6) is 0 Å². The summed E-state index contributed by atoms with van der Waals surface area (Å²) in [4.78, 5) is 20.9. The topological polar surface area (TPSA) is 54.4 Å². The van der Waals surface area contributed by atoms with Gasteiger partial charge in [-0.2, -0.15) is 0 Å². The molecular formula is C11H11FO3. The zero-order valence-electron chi connectivity index (χ0n) is 8.07. The van der Waals surface area contributed by atoms with Crippen LogP contribution >= 0.6 is 0 Å². The second-order valence-corrected chi connectivity index (χ2v) is 3.21. The van der Waals surface area contributed by atoms with E-state index < -0.39 is 11.8 Å². The first-order valence-corrected chi connectivity index (χ1v) is 4.59. The van der Waals surface area contributed by atoms with Crippen LogP contribution in [-0.2, 0) is 11.2 Å². The Morgan fingerprint density at radius 1 is 1.47 bits per heavy atom. The Hall–Kier alpha value is -1.71. The molecule has 3 nitrogen and oxygen atoms in total. The first-order valence-electron chi connectivity index (χ1n) is 4.59. The summed E-state index contributed by atoms with van der Waals surface area (Å²) in [5, 5.41) is 8.43. The van der Waals surface area contributed by atoms with Crippen LogP contribution in [0.15, 0.2) is 18.2 Å². The summed E-state index contributed by atoms with van der Waals surface area (Å²) in [5.74, 6) is -1.30. The lowest BCUT2D eigenvalue weighted by molar-refractivity contribution is -0.137. The normalized spacial score (nSPS) is 9.93. The van der Waals surface area contributed by atoms with Crippen LogP contribution in [0.2, 0.25) is 0 Å². The molecule has 4 heteroatoms. The Morgan fingerprint density at radius 2 is 2.20 bits per heavy atom. The molecule has 0 spiro atoms. The number of benzene rings is 1. The van der Waals surface area contributed by atoms with Crippen LogP contribution in [0.25, 0.3) is 0 Å². The lowest BCUT2D eigenvalue weighted by Gasteiger charge is -2.03. The van der Waals surface area contributed by atoms with Crippen molar-refractivity contribution in [3.05, 3.63) is 35.1 Å². The molecule has 0 heterocycles. The lowest BCUT2D eigenvalue weighted by atomic mass is 10.0. The Balaban J connectivity index is 2.69. The van der Waals surface area contributed by atoms with E-state index >= 15 is 0 Å². The maximum atomic E-state index is 12.8. The molecule has 0 radical (unpaired) electrons. The van der Waals surface area contributed by atoms with Gasteiger partial charge in [0, 0.05) is 12.0 Å². The number of hydrogen-bond donors (Lipinski definition) is 1. The molecule has 80 valence electrons. The second-order valence-electron chi connectivity index (χ2n) is 3.21. The highest BCUT2D eigenvalue weighted by Gasteiger charge is 2.04. The molecule has 1 rings (SSSR count). The number of carbonyl (C=O) groups excluding carboxylic acids is 1. The van der Waals surface area contributed by atoms with Crippen LogP contribution in [0.3, 0.4) is 0 Å². The third kappa shape index (κ3) is 3.50. The first kappa shape index (κ1) is 11.4. The molecule has 0 saturated carbocycles. The minimum absolute atomic E-state index is 0.0226. The van der Waals surface area contributed by atoms with E-state index in [0.29, 0.717) is 30.3 Å². The number of hydrogen-bond acceptors (Lipinski definition) is 2. The van der Waals surface area contributed by atoms with Gasteiger partial charge < -0.3 is 5.11 Å². The van der Waals surface area contributed by atoms with E-state index in [-0.39, 0.29) is 6.42 Å². The van der Waals surface area contributed by atoms with E-state index in [2.05, 4.69) is 0 Å². The quantitative estimate of drug-likeness (QED) is 0.756. The van der Waals surface area contributed by atoms with Gasteiger partial charge in [-0.1, -0.05) is 0 Å². The van der Waals surface area contributed by atoms with Crippen molar-refractivity contribution in [2.24, 2.45) is 0 Å². The van der Waals surface area contributed by atoms with Crippen LogP contribution in [0.1, 0.15) is 28.8 Å². The average molecular weight is 210 g/mol. The summed E-state index contributed by atoms with van der Waals surface area (Å²) in [7, 11) is 0. The van der Waals surface area contributed by atoms with E-state index in [1.54, 1.807) is 0 Å². The zero-order chi connectivity index (χ0) is 11.3. The maximum absolute atomic E-state index is 12.8. The molecule has 1 N–H and O–H groups in total. The second kappa shape index (κ2) is 5.24. The maximum Gasteiger partial charge on any atom is 0.303 e. The van der Waals surface area contributed by atoms with Crippen molar-refractivity contribution in [2.75, 3.05) is 0 Å². The van der Waals surface area contributed by atoms with E-state index in [9.17, 15) is 14.0 Å². The van der Waals surface area contributed by atoms with Gasteiger partial charge in [0.15, 0.2) is 0 Å². The summed E-state index contributed by atoms with van der Waals surface area (Å²) < 4.78 is 12.8. The highest BCUT2D eigenvalue weighted by molar-refractivity contribution is 5.77. The van der Waals surface area contributed by atoms with Crippen molar-refractivity contribution < 1.29 is 19.1 Å². The van der Waals surface area contributed by atoms with Crippen molar-refractivity contribution in [1.82, 2.24) is 0 Å². The Bertz CT molecular complexity index is 374. The molecular weight excluding hydrogens is 199 g/mol. The van der Waals surface area contributed by atoms with Gasteiger partial charge in [-0.25, -0.2) is 4.39 Å². The monoisotopic (exact) mass is 210 g/mol. The van der Waals surface area contributed by atoms with Crippen molar-refractivity contribution >= 4 is 12.3 Å². The third-order valence-electron chi connectivity index (χ3n) is 2.07. The van der Waals surface area contributed by atoms with Crippen LogP contribution in [-0.4, -0.2) is 17.4 Å². The molecule has 0 amide bonds. The van der Waals surface area contributed by atoms with Crippen molar-refractivity contribution in [1.29, 1.82) is 0 Å². The minimum atomic E-state index is -0.890. The molecule has 0 fully saturated rings. The summed E-state index contributed by atoms with van der Waals surface area (Å²) in [6, 6.07) is 3.88. The van der Waals surface area contributed by atoms with Crippen molar-refractivity contribution in [2.45, 2.75) is 19.3 Å². The number of halogens is 1. The number of carbonyl (C=O) groups is 2. The van der Waals surface area contributed by atoms with Gasteiger partial charge in [0.25, 0.3) is 0 Å². The number of rotatable bonds is 5. The number of aldehydes is 1. The minimum Gasteiger partial charge on any atom is -0.481 e. The van der Waals surface area contributed by atoms with Crippen molar-refractivity contribution in [3.8, 4) is 0 Å². The largest absolute Gasteiger partial charge is 0.481 e. The molecule has 1 aromatic rings. The molecule has 15 heavy (non-hydrogen) atoms. The molecule has 0 aliphatic heterocycles. The molecule has 0 aromatic heterocycles. The SMILES string of the molecule is O=Cc1ccc(F)cc1CCCC(=O)O. The van der Waals surface area contributed by atoms with Gasteiger partial charge in [0.2, 0.25) is 0 Å². The van der Waals surface area contributed by atoms with Crippen LogP contribution in [0, 0.1) is 5.82 Å². The van der Waals surface area contributed by atoms with Crippen LogP contribution in [0.4, 0.5) is 4.39 Å². The fraction of sp³-hybridized carbons (Fsp3) is 0.273. The molecule has 1 aromatic carbocycles. The smallest absolute Gasteiger partial charge is 0.303 e. The molecule has 0 aliphatic rings. The summed E-state index contributed by atoms with van der Waals surface area (Å²) >= 11 is 0. The van der Waals surface area contributed by atoms with Gasteiger partial charge in [0.05, 0.1) is 0 Å². The molecule has 0 aliphatic carbocycles. The van der Waals surface area contributed by atoms with E-state index in [1.807, 2.05) is 0 Å². The molecule has 0 saturated heterocycles. The molecule has 0 atom stereocenters. The van der Waals surface area contributed by atoms with Gasteiger partial charge in [-0.05, 0) is 36.6 Å². The Kier molecular flexibility index (Phi) is 3.97. The number of aryl methyl sites for hydroxylation is 1. The van der Waals surface area contributed by atoms with E-state index in [1.165, 1.54) is 18.2 Å². The first-order chi connectivity index (χ1) is 7.13. The van der Waals surface area contributed by atoms with Gasteiger partial charge in [-0.3, -0.25) is 9.59 Å². The van der Waals surface area contributed by atoms with Crippen LogP contribution < -0.4 is 0 Å². The fourth-order valence-corrected chi connectivity index (χ4v) is 1.34. The summed E-state index contributed by atoms with van der Waals surface area (Å²) in [6.45, 7) is 0. The predicted octanol–water partition coefficient (Wildman–Crippen LogP) is 2.05. The summed E-state index contributed by atoms with van der Waals surface area (Å²) in [6.07, 6.45) is 1.47. The summed E-state index contributed by atoms with van der Waals surface area (Å²) in [5.41, 5.74) is 0.980. The highest BCUT2D eigenvalue weighted by atomic mass is 19.1. The number of carboxylic acid groups (broad SMARTS) is 1. The standard InChI is InChI=1S/C11H11FO3/c12-10-5-4-9(7-13)8(6-10)2-1-3-11(14)15/h4-7H,1-3H2,(H,14,15). The molecule has 0 unspecified atom stereocenters. The van der Waals surface area contributed by atoms with Gasteiger partial charge in [0.1, 0.15) is 12.1 Å². The lowest BCUT2D eigenvalue weighted by Crippen LogP contribution is -1.98. The Labute approximate surface area is 86.5 Å². The number of aliphatic carboxylic acids is 1. The van der Waals surface area contributed by atoms with Crippen molar-refractivity contribution in [3.63, 3.8) is 0 Å². The molecule has 0 bridgehead atoms.